The predicted octanol–water partition coefficient (Wildman–Crippen LogP) is 3.47. The van der Waals surface area contributed by atoms with Gasteiger partial charge >= 0.3 is 0 Å². The minimum atomic E-state index is -0.287. The van der Waals surface area contributed by atoms with Crippen LogP contribution in [0.15, 0.2) is 41.8 Å². The maximum Gasteiger partial charge on any atom is 0.222 e. The highest BCUT2D eigenvalue weighted by Gasteiger charge is 2.18. The lowest BCUT2D eigenvalue weighted by atomic mass is 10.1. The van der Waals surface area contributed by atoms with E-state index in [1.165, 1.54) is 12.5 Å². The van der Waals surface area contributed by atoms with Crippen molar-refractivity contribution >= 4 is 23.2 Å². The normalized spacial score (nSPS) is 12.2. The minimum absolute atomic E-state index is 0.0748. The summed E-state index contributed by atoms with van der Waals surface area (Å²) in [5.74, 6) is -0.211. The first-order valence-corrected chi connectivity index (χ1v) is 10.1. The Morgan fingerprint density at radius 2 is 1.81 bits per heavy atom. The zero-order valence-electron chi connectivity index (χ0n) is 16.5. The van der Waals surface area contributed by atoms with Gasteiger partial charge in [0.05, 0.1) is 12.5 Å². The van der Waals surface area contributed by atoms with Gasteiger partial charge in [-0.1, -0.05) is 30.3 Å². The van der Waals surface area contributed by atoms with Gasteiger partial charge in [-0.15, -0.1) is 11.3 Å². The molecule has 2 rings (SSSR count). The molecule has 0 fully saturated rings. The fourth-order valence-electron chi connectivity index (χ4n) is 2.74. The lowest BCUT2D eigenvalue weighted by molar-refractivity contribution is -0.122. The third-order valence-electron chi connectivity index (χ3n) is 4.55. The Bertz CT molecular complexity index is 744. The van der Waals surface area contributed by atoms with Crippen LogP contribution in [0.1, 0.15) is 49.2 Å². The Morgan fingerprint density at radius 1 is 1.11 bits per heavy atom. The number of hydrogen-bond acceptors (Lipinski definition) is 4. The molecule has 5 nitrogen and oxygen atoms in total. The highest BCUT2D eigenvalue weighted by atomic mass is 32.1. The van der Waals surface area contributed by atoms with Crippen LogP contribution in [0.25, 0.3) is 0 Å². The summed E-state index contributed by atoms with van der Waals surface area (Å²) in [7, 11) is 2.10. The average molecular weight is 388 g/mol. The molecule has 2 aromatic rings. The zero-order valence-corrected chi connectivity index (χ0v) is 17.3. The van der Waals surface area contributed by atoms with Crippen molar-refractivity contribution in [2.45, 2.75) is 52.4 Å². The first-order chi connectivity index (χ1) is 12.9. The highest BCUT2D eigenvalue weighted by Crippen LogP contribution is 2.22. The lowest BCUT2D eigenvalue weighted by Crippen LogP contribution is -2.32. The van der Waals surface area contributed by atoms with E-state index >= 15 is 0 Å². The smallest absolute Gasteiger partial charge is 0.222 e. The van der Waals surface area contributed by atoms with Gasteiger partial charge in [-0.05, 0) is 43.5 Å². The SMILES string of the molecule is CC(=O)NC(CC(=O)NCc1ccccc1CN(C)C(C)C)c1cccs1. The molecule has 6 heteroatoms. The molecular formula is C21H29N3O2S. The van der Waals surface area contributed by atoms with Crippen molar-refractivity contribution in [3.05, 3.63) is 57.8 Å². The van der Waals surface area contributed by atoms with Crippen LogP contribution in [0.4, 0.5) is 0 Å². The molecule has 0 bridgehead atoms. The Labute approximate surface area is 165 Å². The fourth-order valence-corrected chi connectivity index (χ4v) is 3.52. The van der Waals surface area contributed by atoms with Crippen molar-refractivity contribution in [3.63, 3.8) is 0 Å². The molecule has 0 saturated heterocycles. The second-order valence-electron chi connectivity index (χ2n) is 7.03. The first kappa shape index (κ1) is 21.1. The summed E-state index contributed by atoms with van der Waals surface area (Å²) in [6.45, 7) is 7.12. The Balaban J connectivity index is 1.97. The standard InChI is InChI=1S/C21H29N3O2S/c1-15(2)24(4)14-18-9-6-5-8-17(18)13-22-21(26)12-19(23-16(3)25)20-10-7-11-27-20/h5-11,15,19H,12-14H2,1-4H3,(H,22,26)(H,23,25). The second kappa shape index (κ2) is 10.2. The number of nitrogens with zero attached hydrogens (tertiary/aromatic N) is 1. The van der Waals surface area contributed by atoms with Crippen LogP contribution in [-0.2, 0) is 22.7 Å². The van der Waals surface area contributed by atoms with Crippen LogP contribution in [0.2, 0.25) is 0 Å². The number of hydrogen-bond donors (Lipinski definition) is 2. The van der Waals surface area contributed by atoms with Gasteiger partial charge in [0.25, 0.3) is 0 Å². The van der Waals surface area contributed by atoms with Crippen LogP contribution >= 0.6 is 11.3 Å². The van der Waals surface area contributed by atoms with Crippen LogP contribution < -0.4 is 10.6 Å². The van der Waals surface area contributed by atoms with Crippen molar-refractivity contribution in [1.82, 2.24) is 15.5 Å². The van der Waals surface area contributed by atoms with Crippen LogP contribution in [0.3, 0.4) is 0 Å². The number of thiophene rings is 1. The molecule has 0 spiro atoms. The molecule has 1 atom stereocenters. The van der Waals surface area contributed by atoms with E-state index in [1.54, 1.807) is 11.3 Å². The molecule has 1 heterocycles. The Kier molecular flexibility index (Phi) is 8.00. The van der Waals surface area contributed by atoms with E-state index < -0.39 is 0 Å². The third kappa shape index (κ3) is 6.81. The van der Waals surface area contributed by atoms with Gasteiger partial charge in [-0.2, -0.15) is 0 Å². The van der Waals surface area contributed by atoms with Gasteiger partial charge in [0.1, 0.15) is 0 Å². The van der Waals surface area contributed by atoms with Crippen molar-refractivity contribution in [2.75, 3.05) is 7.05 Å². The number of carbonyl (C=O) groups is 2. The molecular weight excluding hydrogens is 358 g/mol. The summed E-state index contributed by atoms with van der Waals surface area (Å²) < 4.78 is 0. The molecule has 1 unspecified atom stereocenters. The van der Waals surface area contributed by atoms with Crippen LogP contribution in [-0.4, -0.2) is 29.8 Å². The Morgan fingerprint density at radius 3 is 2.41 bits per heavy atom. The molecule has 146 valence electrons. The topological polar surface area (TPSA) is 61.4 Å². The molecule has 0 aliphatic rings. The van der Waals surface area contributed by atoms with Gasteiger partial charge in [-0.3, -0.25) is 14.5 Å². The highest BCUT2D eigenvalue weighted by molar-refractivity contribution is 7.10. The van der Waals surface area contributed by atoms with Crippen LogP contribution in [0, 0.1) is 0 Å². The third-order valence-corrected chi connectivity index (χ3v) is 5.54. The first-order valence-electron chi connectivity index (χ1n) is 9.21. The molecule has 0 radical (unpaired) electrons. The molecule has 2 amide bonds. The van der Waals surface area contributed by atoms with E-state index in [0.717, 1.165) is 17.0 Å². The number of rotatable bonds is 9. The summed E-state index contributed by atoms with van der Waals surface area (Å²) in [6.07, 6.45) is 0.230. The van der Waals surface area contributed by atoms with Crippen molar-refractivity contribution in [2.24, 2.45) is 0 Å². The maximum absolute atomic E-state index is 12.5. The molecule has 0 saturated carbocycles. The molecule has 27 heavy (non-hydrogen) atoms. The average Bonchev–Trinajstić information content (AvgIpc) is 3.14. The fraction of sp³-hybridized carbons (Fsp3) is 0.429. The summed E-state index contributed by atoms with van der Waals surface area (Å²) in [5, 5.41) is 7.82. The van der Waals surface area contributed by atoms with E-state index in [0.29, 0.717) is 12.6 Å². The Hall–Kier alpha value is -2.18. The van der Waals surface area contributed by atoms with Gasteiger partial charge in [0, 0.05) is 30.9 Å². The second-order valence-corrected chi connectivity index (χ2v) is 8.01. The molecule has 0 aliphatic heterocycles. The maximum atomic E-state index is 12.5. The van der Waals surface area contributed by atoms with E-state index in [9.17, 15) is 9.59 Å². The molecule has 0 aliphatic carbocycles. The van der Waals surface area contributed by atoms with Crippen molar-refractivity contribution in [1.29, 1.82) is 0 Å². The lowest BCUT2D eigenvalue weighted by Gasteiger charge is -2.23. The quantitative estimate of drug-likeness (QED) is 0.693. The largest absolute Gasteiger partial charge is 0.352 e. The summed E-state index contributed by atoms with van der Waals surface area (Å²) >= 11 is 1.54. The van der Waals surface area contributed by atoms with E-state index in [1.807, 2.05) is 35.7 Å². The van der Waals surface area contributed by atoms with E-state index in [-0.39, 0.29) is 24.3 Å². The molecule has 2 N–H and O–H groups in total. The van der Waals surface area contributed by atoms with Gasteiger partial charge < -0.3 is 10.6 Å². The number of carbonyl (C=O) groups excluding carboxylic acids is 2. The number of nitrogens with one attached hydrogen (secondary N) is 2. The molecule has 1 aromatic heterocycles. The van der Waals surface area contributed by atoms with Gasteiger partial charge in [-0.25, -0.2) is 0 Å². The number of benzene rings is 1. The summed E-state index contributed by atoms with van der Waals surface area (Å²) in [6, 6.07) is 12.2. The van der Waals surface area contributed by atoms with Gasteiger partial charge in [0.15, 0.2) is 0 Å². The van der Waals surface area contributed by atoms with Gasteiger partial charge in [0.2, 0.25) is 11.8 Å². The summed E-state index contributed by atoms with van der Waals surface area (Å²) in [4.78, 5) is 27.2. The zero-order chi connectivity index (χ0) is 19.8. The van der Waals surface area contributed by atoms with Crippen molar-refractivity contribution < 1.29 is 9.59 Å². The minimum Gasteiger partial charge on any atom is -0.352 e. The number of amides is 2. The van der Waals surface area contributed by atoms with E-state index in [4.69, 9.17) is 0 Å². The summed E-state index contributed by atoms with van der Waals surface area (Å²) in [5.41, 5.74) is 2.33. The van der Waals surface area contributed by atoms with Crippen LogP contribution in [0.5, 0.6) is 0 Å². The monoisotopic (exact) mass is 387 g/mol. The van der Waals surface area contributed by atoms with E-state index in [2.05, 4.69) is 42.5 Å². The molecule has 1 aromatic carbocycles. The van der Waals surface area contributed by atoms with Crippen molar-refractivity contribution in [3.8, 4) is 0 Å². The predicted molar refractivity (Wildman–Crippen MR) is 110 cm³/mol.